The topological polar surface area (TPSA) is 81.4 Å². The summed E-state index contributed by atoms with van der Waals surface area (Å²) in [6, 6.07) is 9.60. The first-order valence-electron chi connectivity index (χ1n) is 9.38. The minimum absolute atomic E-state index is 0.238. The van der Waals surface area contributed by atoms with Crippen LogP contribution in [-0.2, 0) is 15.8 Å². The lowest BCUT2D eigenvalue weighted by Crippen LogP contribution is -2.17. The van der Waals surface area contributed by atoms with Gasteiger partial charge in [-0.2, -0.15) is 18.3 Å². The van der Waals surface area contributed by atoms with E-state index < -0.39 is 11.7 Å². The SMILES string of the molecule is CSc1cccc(NC(=O)CO/N=C(\C)c2cnn(-c3ccc(C(F)(F)F)cn3)c2C)c1. The van der Waals surface area contributed by atoms with Gasteiger partial charge in [-0.3, -0.25) is 4.79 Å². The first-order chi connectivity index (χ1) is 15.2. The molecule has 11 heteroatoms. The van der Waals surface area contributed by atoms with Crippen LogP contribution in [0.25, 0.3) is 5.82 Å². The second-order valence-corrected chi connectivity index (χ2v) is 7.57. The smallest absolute Gasteiger partial charge is 0.385 e. The van der Waals surface area contributed by atoms with Crippen LogP contribution in [0, 0.1) is 6.92 Å². The number of oxime groups is 1. The van der Waals surface area contributed by atoms with Gasteiger partial charge in [0.2, 0.25) is 0 Å². The van der Waals surface area contributed by atoms with E-state index in [4.69, 9.17) is 4.84 Å². The van der Waals surface area contributed by atoms with Gasteiger partial charge >= 0.3 is 6.18 Å². The normalized spacial score (nSPS) is 12.0. The molecule has 3 aromatic rings. The minimum Gasteiger partial charge on any atom is -0.385 e. The molecule has 0 bridgehead atoms. The predicted molar refractivity (Wildman–Crippen MR) is 116 cm³/mol. The van der Waals surface area contributed by atoms with Gasteiger partial charge in [0.1, 0.15) is 0 Å². The van der Waals surface area contributed by atoms with Gasteiger partial charge in [0.15, 0.2) is 12.4 Å². The summed E-state index contributed by atoms with van der Waals surface area (Å²) in [5.74, 6) is -0.122. The molecule has 0 fully saturated rings. The Morgan fingerprint density at radius 1 is 1.25 bits per heavy atom. The van der Waals surface area contributed by atoms with E-state index in [9.17, 15) is 18.0 Å². The molecule has 0 aliphatic rings. The average molecular weight is 463 g/mol. The molecule has 0 aliphatic heterocycles. The lowest BCUT2D eigenvalue weighted by atomic mass is 10.2. The third-order valence-corrected chi connectivity index (χ3v) is 5.17. The van der Waals surface area contributed by atoms with E-state index in [2.05, 4.69) is 20.6 Å². The molecule has 0 spiro atoms. The van der Waals surface area contributed by atoms with Gasteiger partial charge in [0, 0.05) is 22.3 Å². The Morgan fingerprint density at radius 2 is 2.03 bits per heavy atom. The van der Waals surface area contributed by atoms with Gasteiger partial charge in [-0.05, 0) is 50.4 Å². The van der Waals surface area contributed by atoms with Gasteiger partial charge in [-0.25, -0.2) is 9.67 Å². The zero-order valence-electron chi connectivity index (χ0n) is 17.5. The predicted octanol–water partition coefficient (Wildman–Crippen LogP) is 4.70. The van der Waals surface area contributed by atoms with Crippen LogP contribution in [0.3, 0.4) is 0 Å². The molecule has 168 valence electrons. The highest BCUT2D eigenvalue weighted by Gasteiger charge is 2.30. The lowest BCUT2D eigenvalue weighted by Gasteiger charge is -2.08. The van der Waals surface area contributed by atoms with Crippen molar-refractivity contribution in [2.45, 2.75) is 24.9 Å². The van der Waals surface area contributed by atoms with Crippen molar-refractivity contribution in [2.75, 3.05) is 18.2 Å². The fraction of sp³-hybridized carbons (Fsp3) is 0.238. The highest BCUT2D eigenvalue weighted by atomic mass is 32.2. The average Bonchev–Trinajstić information content (AvgIpc) is 3.14. The molecule has 0 saturated carbocycles. The molecule has 32 heavy (non-hydrogen) atoms. The summed E-state index contributed by atoms with van der Waals surface area (Å²) in [7, 11) is 0. The molecule has 7 nitrogen and oxygen atoms in total. The van der Waals surface area contributed by atoms with Crippen LogP contribution in [0.1, 0.15) is 23.7 Å². The Bertz CT molecular complexity index is 1130. The Kier molecular flexibility index (Phi) is 7.18. The Morgan fingerprint density at radius 3 is 2.69 bits per heavy atom. The fourth-order valence-corrected chi connectivity index (χ4v) is 3.27. The molecule has 2 aromatic heterocycles. The maximum absolute atomic E-state index is 12.7. The van der Waals surface area contributed by atoms with Crippen LogP contribution >= 0.6 is 11.8 Å². The largest absolute Gasteiger partial charge is 0.417 e. The maximum Gasteiger partial charge on any atom is 0.417 e. The van der Waals surface area contributed by atoms with Crippen molar-refractivity contribution in [3.63, 3.8) is 0 Å². The third-order valence-electron chi connectivity index (χ3n) is 4.44. The van der Waals surface area contributed by atoms with Crippen LogP contribution in [0.15, 0.2) is 58.8 Å². The fourth-order valence-electron chi connectivity index (χ4n) is 2.81. The molecule has 0 radical (unpaired) electrons. The number of nitrogens with one attached hydrogen (secondary N) is 1. The molecule has 0 aliphatic carbocycles. The van der Waals surface area contributed by atoms with Gasteiger partial charge in [-0.1, -0.05) is 11.2 Å². The number of halogens is 3. The number of hydrogen-bond donors (Lipinski definition) is 1. The number of hydrogen-bond acceptors (Lipinski definition) is 6. The first-order valence-corrected chi connectivity index (χ1v) is 10.6. The number of nitrogens with zero attached hydrogens (tertiary/aromatic N) is 4. The van der Waals surface area contributed by atoms with E-state index in [1.54, 1.807) is 31.7 Å². The third kappa shape index (κ3) is 5.67. The van der Waals surface area contributed by atoms with Crippen molar-refractivity contribution >= 4 is 29.1 Å². The molecular formula is C21H20F3N5O2S. The number of aromatic nitrogens is 3. The number of rotatable bonds is 7. The van der Waals surface area contributed by atoms with E-state index >= 15 is 0 Å². The number of anilines is 1. The van der Waals surface area contributed by atoms with Crippen molar-refractivity contribution in [3.8, 4) is 5.82 Å². The van der Waals surface area contributed by atoms with Crippen LogP contribution in [0.2, 0.25) is 0 Å². The molecule has 1 amide bonds. The van der Waals surface area contributed by atoms with Gasteiger partial charge < -0.3 is 10.2 Å². The quantitative estimate of drug-likeness (QED) is 0.312. The summed E-state index contributed by atoms with van der Waals surface area (Å²) in [6.07, 6.45) is -0.252. The summed E-state index contributed by atoms with van der Waals surface area (Å²) in [5.41, 5.74) is 1.50. The van der Waals surface area contributed by atoms with Crippen molar-refractivity contribution < 1.29 is 22.8 Å². The van der Waals surface area contributed by atoms with Gasteiger partial charge in [0.05, 0.1) is 23.2 Å². The number of benzene rings is 1. The van der Waals surface area contributed by atoms with E-state index in [-0.39, 0.29) is 18.3 Å². The van der Waals surface area contributed by atoms with E-state index in [1.807, 2.05) is 24.5 Å². The zero-order chi connectivity index (χ0) is 23.3. The monoisotopic (exact) mass is 463 g/mol. The van der Waals surface area contributed by atoms with Crippen LogP contribution < -0.4 is 5.32 Å². The van der Waals surface area contributed by atoms with Crippen molar-refractivity contribution in [3.05, 3.63) is 65.6 Å². The number of alkyl halides is 3. The van der Waals surface area contributed by atoms with Gasteiger partial charge in [-0.15, -0.1) is 11.8 Å². The van der Waals surface area contributed by atoms with Crippen LogP contribution in [-0.4, -0.2) is 39.2 Å². The lowest BCUT2D eigenvalue weighted by molar-refractivity contribution is -0.137. The Balaban J connectivity index is 1.63. The summed E-state index contributed by atoms with van der Waals surface area (Å²) in [4.78, 5) is 22.1. The molecular weight excluding hydrogens is 443 g/mol. The van der Waals surface area contributed by atoms with E-state index in [1.165, 1.54) is 16.9 Å². The number of amides is 1. The standard InChI is InChI=1S/C21H20F3N5O2S/c1-13(28-31-12-20(30)27-16-5-4-6-17(9-16)32-3)18-11-26-29(14(18)2)19-8-7-15(10-25-19)21(22,23)24/h4-11H,12H2,1-3H3,(H,27,30)/b28-13+. The van der Waals surface area contributed by atoms with E-state index in [0.29, 0.717) is 22.7 Å². The minimum atomic E-state index is -4.46. The van der Waals surface area contributed by atoms with Crippen LogP contribution in [0.5, 0.6) is 0 Å². The molecule has 1 N–H and O–H groups in total. The highest BCUT2D eigenvalue weighted by molar-refractivity contribution is 7.98. The molecule has 0 saturated heterocycles. The Hall–Kier alpha value is -3.34. The molecule has 3 rings (SSSR count). The molecule has 1 aromatic carbocycles. The second-order valence-electron chi connectivity index (χ2n) is 6.69. The summed E-state index contributed by atoms with van der Waals surface area (Å²) in [5, 5.41) is 10.9. The second kappa shape index (κ2) is 9.86. The summed E-state index contributed by atoms with van der Waals surface area (Å²) < 4.78 is 39.6. The maximum atomic E-state index is 12.7. The Labute approximate surface area is 186 Å². The number of carbonyl (C=O) groups is 1. The summed E-state index contributed by atoms with van der Waals surface area (Å²) in [6.45, 7) is 3.12. The van der Waals surface area contributed by atoms with E-state index in [0.717, 1.165) is 17.2 Å². The van der Waals surface area contributed by atoms with Crippen molar-refractivity contribution in [2.24, 2.45) is 5.16 Å². The van der Waals surface area contributed by atoms with Gasteiger partial charge in [0.25, 0.3) is 5.91 Å². The first kappa shape index (κ1) is 23.3. The highest BCUT2D eigenvalue weighted by Crippen LogP contribution is 2.29. The molecule has 2 heterocycles. The zero-order valence-corrected chi connectivity index (χ0v) is 18.3. The number of carbonyl (C=O) groups excluding carboxylic acids is 1. The molecule has 0 atom stereocenters. The molecule has 0 unspecified atom stereocenters. The van der Waals surface area contributed by atoms with Crippen molar-refractivity contribution in [1.82, 2.24) is 14.8 Å². The number of pyridine rings is 1. The number of thioether (sulfide) groups is 1. The summed E-state index contributed by atoms with van der Waals surface area (Å²) >= 11 is 1.57. The van der Waals surface area contributed by atoms with Crippen LogP contribution in [0.4, 0.5) is 18.9 Å². The van der Waals surface area contributed by atoms with Crippen molar-refractivity contribution in [1.29, 1.82) is 0 Å².